The molecule has 0 nitrogen and oxygen atoms in total. The quantitative estimate of drug-likeness (QED) is 0.576. The zero-order valence-corrected chi connectivity index (χ0v) is 5.67. The van der Waals surface area contributed by atoms with Crippen molar-refractivity contribution in [3.63, 3.8) is 0 Å². The molecule has 1 atom stereocenters. The molecule has 1 radical (unpaired) electrons. The van der Waals surface area contributed by atoms with Gasteiger partial charge in [0, 0.05) is 6.42 Å². The lowest BCUT2D eigenvalue weighted by Crippen LogP contribution is -2.35. The molecule has 0 aromatic rings. The van der Waals surface area contributed by atoms with E-state index in [0.29, 0.717) is 0 Å². The molecule has 0 saturated heterocycles. The van der Waals surface area contributed by atoms with E-state index in [-0.39, 0.29) is 6.42 Å². The van der Waals surface area contributed by atoms with E-state index in [1.165, 1.54) is 0 Å². The zero-order chi connectivity index (χ0) is 9.07. The van der Waals surface area contributed by atoms with Crippen molar-refractivity contribution in [1.82, 2.24) is 0 Å². The molecule has 0 aliphatic heterocycles. The number of rotatable bonds is 4. The number of hydrogen-bond acceptors (Lipinski definition) is 0. The summed E-state index contributed by atoms with van der Waals surface area (Å²) < 4.78 is 59.1. The molecule has 0 amide bonds. The van der Waals surface area contributed by atoms with E-state index in [0.717, 1.165) is 0 Å². The van der Waals surface area contributed by atoms with Gasteiger partial charge in [0.05, 0.1) is 0 Å². The van der Waals surface area contributed by atoms with E-state index < -0.39 is 24.9 Å². The Morgan fingerprint density at radius 1 is 1.18 bits per heavy atom. The Labute approximate surface area is 61.4 Å². The molecule has 0 N–H and O–H groups in total. The summed E-state index contributed by atoms with van der Waals surface area (Å²) in [6.45, 7) is 3.02. The predicted octanol–water partition coefficient (Wildman–Crippen LogP) is 2.84. The van der Waals surface area contributed by atoms with E-state index in [1.807, 2.05) is 0 Å². The lowest BCUT2D eigenvalue weighted by Gasteiger charge is -2.18. The summed E-state index contributed by atoms with van der Waals surface area (Å²) in [5.41, 5.74) is 0. The predicted molar refractivity (Wildman–Crippen MR) is 30.4 cm³/mol. The highest BCUT2D eigenvalue weighted by Crippen LogP contribution is 2.30. The highest BCUT2D eigenvalue weighted by atomic mass is 19.3. The molecule has 5 heteroatoms. The first kappa shape index (κ1) is 10.7. The molecule has 0 fully saturated rings. The molecule has 0 spiro atoms. The highest BCUT2D eigenvalue weighted by Gasteiger charge is 2.44. The van der Waals surface area contributed by atoms with Gasteiger partial charge in [0.15, 0.2) is 0 Å². The van der Waals surface area contributed by atoms with Crippen LogP contribution < -0.4 is 0 Å². The van der Waals surface area contributed by atoms with Gasteiger partial charge in [-0.25, -0.2) is 22.0 Å². The summed E-state index contributed by atoms with van der Waals surface area (Å²) in [6.07, 6.45) is -8.21. The van der Waals surface area contributed by atoms with Gasteiger partial charge in [-0.1, -0.05) is 6.92 Å². The molecular formula is C6H8F5. The smallest absolute Gasteiger partial charge is 0.234 e. The normalized spacial score (nSPS) is 15.5. The minimum atomic E-state index is -3.95. The van der Waals surface area contributed by atoms with E-state index in [4.69, 9.17) is 0 Å². The summed E-state index contributed by atoms with van der Waals surface area (Å²) in [7, 11) is 0. The second kappa shape index (κ2) is 3.88. The average molecular weight is 175 g/mol. The maximum atomic E-state index is 12.2. The maximum absolute atomic E-state index is 12.2. The third kappa shape index (κ3) is 3.03. The Morgan fingerprint density at radius 2 is 1.64 bits per heavy atom. The average Bonchev–Trinajstić information content (AvgIpc) is 1.86. The van der Waals surface area contributed by atoms with Gasteiger partial charge in [0.1, 0.15) is 0 Å². The molecule has 0 rings (SSSR count). The Hall–Kier alpha value is -0.350. The number of halogens is 5. The summed E-state index contributed by atoms with van der Waals surface area (Å²) in [5.74, 6) is -3.95. The van der Waals surface area contributed by atoms with Crippen LogP contribution in [0.3, 0.4) is 0 Å². The molecule has 0 aliphatic rings. The van der Waals surface area contributed by atoms with Crippen molar-refractivity contribution in [2.24, 2.45) is 0 Å². The summed E-state index contributed by atoms with van der Waals surface area (Å²) in [5, 5.41) is 0. The fourth-order valence-electron chi connectivity index (χ4n) is 0.558. The van der Waals surface area contributed by atoms with Gasteiger partial charge in [-0.05, 0) is 6.42 Å². The largest absolute Gasteiger partial charge is 0.284 e. The molecule has 0 aromatic carbocycles. The third-order valence-electron chi connectivity index (χ3n) is 1.13. The minimum absolute atomic E-state index is 0.264. The van der Waals surface area contributed by atoms with Crippen molar-refractivity contribution < 1.29 is 22.0 Å². The molecule has 0 saturated carbocycles. The Bertz CT molecular complexity index is 112. The molecule has 0 heterocycles. The van der Waals surface area contributed by atoms with Crippen LogP contribution >= 0.6 is 0 Å². The van der Waals surface area contributed by atoms with Crippen LogP contribution in [0.1, 0.15) is 12.8 Å². The van der Waals surface area contributed by atoms with Crippen molar-refractivity contribution in [1.29, 1.82) is 0 Å². The van der Waals surface area contributed by atoms with Crippen LogP contribution in [-0.4, -0.2) is 18.5 Å². The Morgan fingerprint density at radius 3 is 1.91 bits per heavy atom. The molecular weight excluding hydrogens is 167 g/mol. The maximum Gasteiger partial charge on any atom is 0.284 e. The van der Waals surface area contributed by atoms with E-state index >= 15 is 0 Å². The SMILES string of the molecule is [CH2]CCC(F)(F)[C@@H](F)C(F)F. The van der Waals surface area contributed by atoms with Crippen molar-refractivity contribution in [2.45, 2.75) is 31.4 Å². The molecule has 0 unspecified atom stereocenters. The zero-order valence-electron chi connectivity index (χ0n) is 5.67. The first-order valence-corrected chi connectivity index (χ1v) is 3.01. The van der Waals surface area contributed by atoms with E-state index in [9.17, 15) is 22.0 Å². The van der Waals surface area contributed by atoms with E-state index in [2.05, 4.69) is 6.92 Å². The lowest BCUT2D eigenvalue weighted by atomic mass is 10.1. The van der Waals surface area contributed by atoms with Crippen LogP contribution in [0.5, 0.6) is 0 Å². The molecule has 0 aliphatic carbocycles. The van der Waals surface area contributed by atoms with Gasteiger partial charge in [-0.3, -0.25) is 0 Å². The van der Waals surface area contributed by atoms with Crippen molar-refractivity contribution in [3.05, 3.63) is 6.92 Å². The number of alkyl halides is 5. The molecule has 0 bridgehead atoms. The van der Waals surface area contributed by atoms with Crippen LogP contribution in [0.25, 0.3) is 0 Å². The summed E-state index contributed by atoms with van der Waals surface area (Å²) >= 11 is 0. The second-order valence-electron chi connectivity index (χ2n) is 2.10. The van der Waals surface area contributed by atoms with E-state index in [1.54, 1.807) is 0 Å². The summed E-state index contributed by atoms with van der Waals surface area (Å²) in [4.78, 5) is 0. The number of hydrogen-bond donors (Lipinski definition) is 0. The van der Waals surface area contributed by atoms with Crippen molar-refractivity contribution in [2.75, 3.05) is 0 Å². The van der Waals surface area contributed by atoms with Crippen LogP contribution in [0.2, 0.25) is 0 Å². The molecule has 67 valence electrons. The standard InChI is InChI=1S/C6H8F5/c1-2-3-6(10,11)4(7)5(8)9/h4-5H,1-3H2/t4-/m0/s1. The van der Waals surface area contributed by atoms with Crippen molar-refractivity contribution >= 4 is 0 Å². The van der Waals surface area contributed by atoms with Crippen LogP contribution in [0, 0.1) is 6.92 Å². The van der Waals surface area contributed by atoms with Crippen LogP contribution in [0.15, 0.2) is 0 Å². The fourth-order valence-corrected chi connectivity index (χ4v) is 0.558. The van der Waals surface area contributed by atoms with Crippen LogP contribution in [-0.2, 0) is 0 Å². The molecule has 0 aromatic heterocycles. The monoisotopic (exact) mass is 175 g/mol. The second-order valence-corrected chi connectivity index (χ2v) is 2.10. The first-order valence-electron chi connectivity index (χ1n) is 3.01. The first-order chi connectivity index (χ1) is 4.91. The van der Waals surface area contributed by atoms with Gasteiger partial charge >= 0.3 is 0 Å². The Kier molecular flexibility index (Phi) is 3.75. The fraction of sp³-hybridized carbons (Fsp3) is 0.833. The highest BCUT2D eigenvalue weighted by molar-refractivity contribution is 4.78. The van der Waals surface area contributed by atoms with Gasteiger partial charge < -0.3 is 0 Å². The minimum Gasteiger partial charge on any atom is -0.234 e. The van der Waals surface area contributed by atoms with Gasteiger partial charge in [0.2, 0.25) is 6.17 Å². The lowest BCUT2D eigenvalue weighted by molar-refractivity contribution is -0.130. The Balaban J connectivity index is 4.05. The van der Waals surface area contributed by atoms with Gasteiger partial charge in [-0.2, -0.15) is 0 Å². The topological polar surface area (TPSA) is 0 Å². The van der Waals surface area contributed by atoms with Gasteiger partial charge in [-0.15, -0.1) is 0 Å². The van der Waals surface area contributed by atoms with Gasteiger partial charge in [0.25, 0.3) is 12.3 Å². The summed E-state index contributed by atoms with van der Waals surface area (Å²) in [6, 6.07) is 0. The molecule has 11 heavy (non-hydrogen) atoms. The van der Waals surface area contributed by atoms with Crippen molar-refractivity contribution in [3.8, 4) is 0 Å². The third-order valence-corrected chi connectivity index (χ3v) is 1.13. The van der Waals surface area contributed by atoms with Crippen LogP contribution in [0.4, 0.5) is 22.0 Å².